The molecule has 8 heteroatoms. The van der Waals surface area contributed by atoms with Gasteiger partial charge < -0.3 is 14.2 Å². The maximum Gasteiger partial charge on any atom is 0.203 e. The zero-order chi connectivity index (χ0) is 25.5. The van der Waals surface area contributed by atoms with Crippen molar-refractivity contribution in [1.82, 2.24) is 14.8 Å². The maximum absolute atomic E-state index is 5.62. The van der Waals surface area contributed by atoms with Crippen molar-refractivity contribution < 1.29 is 14.2 Å². The average Bonchev–Trinajstić information content (AvgIpc) is 3.43. The first kappa shape index (κ1) is 26.2. The number of hydrogen-bond acceptors (Lipinski definition) is 7. The Morgan fingerprint density at radius 2 is 1.53 bits per heavy atom. The quantitative estimate of drug-likeness (QED) is 0.239. The minimum absolute atomic E-state index is 0.460. The van der Waals surface area contributed by atoms with Gasteiger partial charge in [-0.05, 0) is 38.0 Å². The molecule has 0 N–H and O–H groups in total. The lowest BCUT2D eigenvalue weighted by atomic mass is 10.0. The summed E-state index contributed by atoms with van der Waals surface area (Å²) in [7, 11) is 4.89. The number of unbranched alkanes of at least 4 members (excludes halogenated alkanes) is 7. The van der Waals surface area contributed by atoms with Gasteiger partial charge in [0, 0.05) is 16.0 Å². The van der Waals surface area contributed by atoms with Crippen LogP contribution < -0.4 is 14.2 Å². The van der Waals surface area contributed by atoms with Gasteiger partial charge in [-0.15, -0.1) is 21.5 Å². The highest BCUT2D eigenvalue weighted by molar-refractivity contribution is 7.15. The van der Waals surface area contributed by atoms with Gasteiger partial charge in [0.15, 0.2) is 17.3 Å². The average molecular weight is 511 g/mol. The largest absolute Gasteiger partial charge is 0.493 e. The summed E-state index contributed by atoms with van der Waals surface area (Å²) in [4.78, 5) is 6.37. The summed E-state index contributed by atoms with van der Waals surface area (Å²) in [6.07, 6.45) is 11.6. The van der Waals surface area contributed by atoms with Crippen LogP contribution >= 0.6 is 11.3 Å². The molecular weight excluding hydrogens is 472 g/mol. The van der Waals surface area contributed by atoms with Crippen molar-refractivity contribution in [2.45, 2.75) is 78.2 Å². The van der Waals surface area contributed by atoms with Crippen molar-refractivity contribution in [1.29, 1.82) is 0 Å². The summed E-state index contributed by atoms with van der Waals surface area (Å²) in [5.41, 5.74) is 2.94. The molecular formula is C28H38N4O3S. The number of hydrogen-bond donors (Lipinski definition) is 0. The highest BCUT2D eigenvalue weighted by Crippen LogP contribution is 2.40. The van der Waals surface area contributed by atoms with Crippen LogP contribution in [-0.4, -0.2) is 41.8 Å². The summed E-state index contributed by atoms with van der Waals surface area (Å²) in [6, 6.07) is 6.25. The molecule has 0 amide bonds. The van der Waals surface area contributed by atoms with Crippen LogP contribution in [0.2, 0.25) is 0 Å². The van der Waals surface area contributed by atoms with Gasteiger partial charge in [0.2, 0.25) is 5.75 Å². The van der Waals surface area contributed by atoms with Crippen molar-refractivity contribution >= 4 is 17.0 Å². The molecule has 0 saturated heterocycles. The molecule has 0 saturated carbocycles. The summed E-state index contributed by atoms with van der Waals surface area (Å²) in [5, 5.41) is 9.87. The second kappa shape index (κ2) is 12.4. The summed E-state index contributed by atoms with van der Waals surface area (Å²) >= 11 is 1.83. The molecule has 0 spiro atoms. The highest BCUT2D eigenvalue weighted by Gasteiger charge is 2.26. The van der Waals surface area contributed by atoms with Crippen LogP contribution in [0.15, 0.2) is 23.2 Å². The van der Waals surface area contributed by atoms with Gasteiger partial charge in [-0.3, -0.25) is 9.56 Å². The minimum Gasteiger partial charge on any atom is -0.493 e. The van der Waals surface area contributed by atoms with E-state index in [4.69, 9.17) is 19.2 Å². The van der Waals surface area contributed by atoms with Crippen molar-refractivity contribution in [3.8, 4) is 22.2 Å². The van der Waals surface area contributed by atoms with E-state index in [1.54, 1.807) is 21.3 Å². The predicted molar refractivity (Wildman–Crippen MR) is 146 cm³/mol. The Bertz CT molecular complexity index is 1170. The fraction of sp³-hybridized carbons (Fsp3) is 0.536. The molecule has 36 heavy (non-hydrogen) atoms. The van der Waals surface area contributed by atoms with Crippen LogP contribution in [0.25, 0.3) is 5.00 Å². The fourth-order valence-corrected chi connectivity index (χ4v) is 6.06. The van der Waals surface area contributed by atoms with E-state index in [-0.39, 0.29) is 0 Å². The summed E-state index contributed by atoms with van der Waals surface area (Å²) in [5.74, 6) is 3.55. The zero-order valence-electron chi connectivity index (χ0n) is 22.2. The molecule has 2 aromatic heterocycles. The number of benzene rings is 1. The molecule has 3 heterocycles. The fourth-order valence-electron chi connectivity index (χ4n) is 4.80. The monoisotopic (exact) mass is 510 g/mol. The Morgan fingerprint density at radius 3 is 2.17 bits per heavy atom. The van der Waals surface area contributed by atoms with Crippen LogP contribution in [0, 0.1) is 6.92 Å². The molecule has 7 nitrogen and oxygen atoms in total. The molecule has 0 atom stereocenters. The van der Waals surface area contributed by atoms with Gasteiger partial charge >= 0.3 is 0 Å². The number of thiophene rings is 1. The lowest BCUT2D eigenvalue weighted by Crippen LogP contribution is -2.07. The normalized spacial score (nSPS) is 12.5. The second-order valence-electron chi connectivity index (χ2n) is 9.23. The molecule has 194 valence electrons. The van der Waals surface area contributed by atoms with E-state index >= 15 is 0 Å². The first-order valence-electron chi connectivity index (χ1n) is 13.0. The molecule has 1 aliphatic rings. The van der Waals surface area contributed by atoms with Crippen LogP contribution in [0.1, 0.15) is 85.9 Å². The number of ether oxygens (including phenoxy) is 3. The third-order valence-corrected chi connectivity index (χ3v) is 7.89. The van der Waals surface area contributed by atoms with Crippen molar-refractivity contribution in [3.05, 3.63) is 45.9 Å². The molecule has 0 aliphatic carbocycles. The van der Waals surface area contributed by atoms with Gasteiger partial charge in [0.1, 0.15) is 17.4 Å². The first-order valence-corrected chi connectivity index (χ1v) is 13.8. The van der Waals surface area contributed by atoms with Gasteiger partial charge in [0.25, 0.3) is 0 Å². The lowest BCUT2D eigenvalue weighted by molar-refractivity contribution is 0.324. The molecule has 1 aliphatic heterocycles. The maximum atomic E-state index is 5.62. The molecule has 0 bridgehead atoms. The Balaban J connectivity index is 1.61. The number of rotatable bonds is 13. The molecule has 0 fully saturated rings. The van der Waals surface area contributed by atoms with E-state index in [0.29, 0.717) is 23.8 Å². The van der Waals surface area contributed by atoms with E-state index < -0.39 is 0 Å². The Morgan fingerprint density at radius 1 is 0.861 bits per heavy atom. The molecule has 1 aromatic carbocycles. The topological polar surface area (TPSA) is 70.8 Å². The smallest absolute Gasteiger partial charge is 0.203 e. The minimum atomic E-state index is 0.460. The number of aromatic nitrogens is 3. The van der Waals surface area contributed by atoms with Crippen molar-refractivity contribution in [3.63, 3.8) is 0 Å². The van der Waals surface area contributed by atoms with Gasteiger partial charge in [-0.25, -0.2) is 0 Å². The van der Waals surface area contributed by atoms with Crippen LogP contribution in [0.4, 0.5) is 0 Å². The number of aryl methyl sites for hydroxylation is 2. The van der Waals surface area contributed by atoms with E-state index in [2.05, 4.69) is 27.8 Å². The van der Waals surface area contributed by atoms with Gasteiger partial charge in [-0.1, -0.05) is 51.9 Å². The van der Waals surface area contributed by atoms with Gasteiger partial charge in [0.05, 0.1) is 27.0 Å². The number of methoxy groups -OCH3 is 3. The first-order chi connectivity index (χ1) is 17.6. The number of nitrogens with zero attached hydrogens (tertiary/aromatic N) is 4. The Kier molecular flexibility index (Phi) is 9.02. The molecule has 0 unspecified atom stereocenters. The summed E-state index contributed by atoms with van der Waals surface area (Å²) < 4.78 is 18.9. The summed E-state index contributed by atoms with van der Waals surface area (Å²) in [6.45, 7) is 4.73. The number of fused-ring (bicyclic) bond motifs is 3. The molecule has 4 rings (SSSR count). The van der Waals surface area contributed by atoms with Crippen LogP contribution in [0.5, 0.6) is 17.2 Å². The van der Waals surface area contributed by atoms with Gasteiger partial charge in [-0.2, -0.15) is 0 Å². The van der Waals surface area contributed by atoms with E-state index in [9.17, 15) is 0 Å². The zero-order valence-corrected chi connectivity index (χ0v) is 23.0. The third kappa shape index (κ3) is 5.59. The highest BCUT2D eigenvalue weighted by atomic mass is 32.1. The van der Waals surface area contributed by atoms with Crippen molar-refractivity contribution in [2.24, 2.45) is 4.99 Å². The Hall–Kier alpha value is -2.87. The van der Waals surface area contributed by atoms with Crippen LogP contribution in [-0.2, 0) is 13.0 Å². The third-order valence-electron chi connectivity index (χ3n) is 6.71. The molecule has 3 aromatic rings. The van der Waals surface area contributed by atoms with E-state index in [1.165, 1.54) is 56.2 Å². The number of aliphatic imine (C=N–C) groups is 1. The SMILES string of the molecule is CCCCCCCCCCc1cc2c(s1)-n1c(C)nnc1CN=C2c1cc(OC)c(OC)c(OC)c1. The van der Waals surface area contributed by atoms with Crippen molar-refractivity contribution in [2.75, 3.05) is 21.3 Å². The van der Waals surface area contributed by atoms with Crippen LogP contribution in [0.3, 0.4) is 0 Å². The Labute approximate surface area is 218 Å². The molecule has 0 radical (unpaired) electrons. The predicted octanol–water partition coefficient (Wildman–Crippen LogP) is 6.70. The second-order valence-corrected chi connectivity index (χ2v) is 10.3. The standard InChI is InChI=1S/C28H38N4O3S/c1-6-7-8-9-10-11-12-13-14-21-17-22-26(20-15-23(33-3)27(35-5)24(16-20)34-4)29-18-25-31-30-19(2)32(25)28(22)36-21/h15-17H,6-14,18H2,1-5H3. The van der Waals surface area contributed by atoms with E-state index in [0.717, 1.165) is 39.9 Å². The lowest BCUT2D eigenvalue weighted by Gasteiger charge is -2.15. The van der Waals surface area contributed by atoms with E-state index in [1.807, 2.05) is 30.4 Å².